The van der Waals surface area contributed by atoms with Crippen LogP contribution in [0.5, 0.6) is 0 Å². The minimum absolute atomic E-state index is 0.160. The molecule has 1 fully saturated rings. The van der Waals surface area contributed by atoms with Crippen LogP contribution in [-0.2, 0) is 0 Å². The van der Waals surface area contributed by atoms with E-state index in [1.807, 2.05) is 0 Å². The molecule has 0 radical (unpaired) electrons. The van der Waals surface area contributed by atoms with Crippen molar-refractivity contribution in [1.29, 1.82) is 0 Å². The number of aliphatic hydroxyl groups is 1. The molecule has 0 aromatic rings. The molecule has 0 aromatic carbocycles. The Morgan fingerprint density at radius 1 is 1.06 bits per heavy atom. The standard InChI is InChI=1S/C16H33NO/c1-12(2)9-14(11-17)15(18)16(10-13(3)4)7-5-6-8-16/h12-15,18H,5-11,17H2,1-4H3. The van der Waals surface area contributed by atoms with E-state index in [1.54, 1.807) is 0 Å². The zero-order chi connectivity index (χ0) is 13.8. The molecule has 0 spiro atoms. The molecule has 1 aliphatic rings. The molecule has 1 saturated carbocycles. The third kappa shape index (κ3) is 3.96. The second-order valence-corrected chi connectivity index (χ2v) is 7.24. The van der Waals surface area contributed by atoms with Crippen molar-refractivity contribution >= 4 is 0 Å². The molecule has 3 N–H and O–H groups in total. The molecule has 0 bridgehead atoms. The zero-order valence-electron chi connectivity index (χ0n) is 12.8. The van der Waals surface area contributed by atoms with Gasteiger partial charge in [0.1, 0.15) is 0 Å². The maximum atomic E-state index is 10.9. The number of aliphatic hydroxyl groups excluding tert-OH is 1. The molecule has 0 aromatic heterocycles. The van der Waals surface area contributed by atoms with Crippen LogP contribution in [0.1, 0.15) is 66.2 Å². The SMILES string of the molecule is CC(C)CC(CN)C(O)C1(CC(C)C)CCCC1. The highest BCUT2D eigenvalue weighted by Gasteiger charge is 2.43. The molecule has 0 aliphatic heterocycles. The Balaban J connectivity index is 2.77. The number of hydrogen-bond donors (Lipinski definition) is 2. The first-order valence-electron chi connectivity index (χ1n) is 7.79. The molecular weight excluding hydrogens is 222 g/mol. The smallest absolute Gasteiger partial charge is 0.0636 e. The summed E-state index contributed by atoms with van der Waals surface area (Å²) in [5.41, 5.74) is 6.08. The summed E-state index contributed by atoms with van der Waals surface area (Å²) >= 11 is 0. The first-order valence-corrected chi connectivity index (χ1v) is 7.79. The minimum Gasteiger partial charge on any atom is -0.392 e. The molecule has 2 nitrogen and oxygen atoms in total. The average molecular weight is 255 g/mol. The van der Waals surface area contributed by atoms with Crippen molar-refractivity contribution < 1.29 is 5.11 Å². The molecule has 1 rings (SSSR count). The fraction of sp³-hybridized carbons (Fsp3) is 1.00. The summed E-state index contributed by atoms with van der Waals surface area (Å²) in [7, 11) is 0. The van der Waals surface area contributed by atoms with E-state index in [2.05, 4.69) is 27.7 Å². The van der Waals surface area contributed by atoms with Crippen molar-refractivity contribution in [3.05, 3.63) is 0 Å². The lowest BCUT2D eigenvalue weighted by Crippen LogP contribution is -2.43. The lowest BCUT2D eigenvalue weighted by molar-refractivity contribution is -0.0318. The number of hydrogen-bond acceptors (Lipinski definition) is 2. The van der Waals surface area contributed by atoms with Gasteiger partial charge in [-0.2, -0.15) is 0 Å². The van der Waals surface area contributed by atoms with E-state index in [9.17, 15) is 5.11 Å². The average Bonchev–Trinajstić information content (AvgIpc) is 2.73. The topological polar surface area (TPSA) is 46.2 Å². The summed E-state index contributed by atoms with van der Waals surface area (Å²) < 4.78 is 0. The van der Waals surface area contributed by atoms with Crippen LogP contribution in [0.3, 0.4) is 0 Å². The van der Waals surface area contributed by atoms with Crippen molar-refractivity contribution in [3.8, 4) is 0 Å². The Kier molecular flexibility index (Phi) is 6.13. The van der Waals surface area contributed by atoms with Crippen molar-refractivity contribution in [3.63, 3.8) is 0 Å². The summed E-state index contributed by atoms with van der Waals surface area (Å²) in [4.78, 5) is 0. The van der Waals surface area contributed by atoms with Crippen LogP contribution in [0.2, 0.25) is 0 Å². The quantitative estimate of drug-likeness (QED) is 0.730. The van der Waals surface area contributed by atoms with Gasteiger partial charge in [-0.05, 0) is 55.4 Å². The van der Waals surface area contributed by atoms with Gasteiger partial charge in [0.15, 0.2) is 0 Å². The molecule has 0 heterocycles. The number of nitrogens with two attached hydrogens (primary N) is 1. The molecule has 108 valence electrons. The maximum Gasteiger partial charge on any atom is 0.0636 e. The Morgan fingerprint density at radius 2 is 1.61 bits per heavy atom. The highest BCUT2D eigenvalue weighted by atomic mass is 16.3. The Hall–Kier alpha value is -0.0800. The lowest BCUT2D eigenvalue weighted by Gasteiger charge is -2.40. The second kappa shape index (κ2) is 6.91. The van der Waals surface area contributed by atoms with Crippen LogP contribution in [0, 0.1) is 23.2 Å². The van der Waals surface area contributed by atoms with Gasteiger partial charge < -0.3 is 10.8 Å². The largest absolute Gasteiger partial charge is 0.392 e. The summed E-state index contributed by atoms with van der Waals surface area (Å²) in [6.07, 6.45) is 6.96. The van der Waals surface area contributed by atoms with Crippen LogP contribution >= 0.6 is 0 Å². The van der Waals surface area contributed by atoms with Gasteiger partial charge in [-0.15, -0.1) is 0 Å². The molecule has 18 heavy (non-hydrogen) atoms. The van der Waals surface area contributed by atoms with E-state index in [1.165, 1.54) is 25.7 Å². The Bertz CT molecular complexity index is 231. The fourth-order valence-corrected chi connectivity index (χ4v) is 3.97. The highest BCUT2D eigenvalue weighted by molar-refractivity contribution is 4.94. The van der Waals surface area contributed by atoms with E-state index in [0.29, 0.717) is 18.4 Å². The number of rotatable bonds is 7. The summed E-state index contributed by atoms with van der Waals surface area (Å²) in [5.74, 6) is 1.56. The summed E-state index contributed by atoms with van der Waals surface area (Å²) in [5, 5.41) is 10.9. The van der Waals surface area contributed by atoms with E-state index < -0.39 is 0 Å². The van der Waals surface area contributed by atoms with Crippen LogP contribution in [-0.4, -0.2) is 17.8 Å². The van der Waals surface area contributed by atoms with Gasteiger partial charge in [0.2, 0.25) is 0 Å². The van der Waals surface area contributed by atoms with Crippen LogP contribution in [0.4, 0.5) is 0 Å². The van der Waals surface area contributed by atoms with Gasteiger partial charge in [0.05, 0.1) is 6.10 Å². The normalized spacial score (nSPS) is 22.7. The highest BCUT2D eigenvalue weighted by Crippen LogP contribution is 2.48. The van der Waals surface area contributed by atoms with Gasteiger partial charge in [-0.25, -0.2) is 0 Å². The van der Waals surface area contributed by atoms with Gasteiger partial charge in [0, 0.05) is 0 Å². The monoisotopic (exact) mass is 255 g/mol. The van der Waals surface area contributed by atoms with Crippen molar-refractivity contribution in [2.24, 2.45) is 28.9 Å². The first-order chi connectivity index (χ1) is 8.41. The van der Waals surface area contributed by atoms with E-state index in [4.69, 9.17) is 5.73 Å². The van der Waals surface area contributed by atoms with E-state index in [-0.39, 0.29) is 17.4 Å². The van der Waals surface area contributed by atoms with Crippen LogP contribution in [0.25, 0.3) is 0 Å². The van der Waals surface area contributed by atoms with Crippen molar-refractivity contribution in [2.75, 3.05) is 6.54 Å². The second-order valence-electron chi connectivity index (χ2n) is 7.24. The van der Waals surface area contributed by atoms with Crippen LogP contribution < -0.4 is 5.73 Å². The third-order valence-corrected chi connectivity index (χ3v) is 4.56. The van der Waals surface area contributed by atoms with Crippen molar-refractivity contribution in [1.82, 2.24) is 0 Å². The molecule has 0 saturated heterocycles. The van der Waals surface area contributed by atoms with Gasteiger partial charge >= 0.3 is 0 Å². The molecule has 2 atom stereocenters. The molecule has 2 unspecified atom stereocenters. The molecule has 1 aliphatic carbocycles. The van der Waals surface area contributed by atoms with Gasteiger partial charge in [-0.1, -0.05) is 40.5 Å². The molecule has 2 heteroatoms. The van der Waals surface area contributed by atoms with E-state index in [0.717, 1.165) is 12.8 Å². The van der Waals surface area contributed by atoms with Crippen LogP contribution in [0.15, 0.2) is 0 Å². The van der Waals surface area contributed by atoms with Crippen molar-refractivity contribution in [2.45, 2.75) is 72.3 Å². The fourth-order valence-electron chi connectivity index (χ4n) is 3.97. The zero-order valence-corrected chi connectivity index (χ0v) is 12.8. The van der Waals surface area contributed by atoms with E-state index >= 15 is 0 Å². The first kappa shape index (κ1) is 16.0. The third-order valence-electron chi connectivity index (χ3n) is 4.56. The maximum absolute atomic E-state index is 10.9. The molecular formula is C16H33NO. The minimum atomic E-state index is -0.199. The molecule has 0 amide bonds. The Labute approximate surface area is 113 Å². The Morgan fingerprint density at radius 3 is 2.00 bits per heavy atom. The lowest BCUT2D eigenvalue weighted by atomic mass is 9.69. The van der Waals surface area contributed by atoms with Gasteiger partial charge in [0.25, 0.3) is 0 Å². The summed E-state index contributed by atoms with van der Waals surface area (Å²) in [6.45, 7) is 9.61. The predicted molar refractivity (Wildman–Crippen MR) is 78.4 cm³/mol. The van der Waals surface area contributed by atoms with Gasteiger partial charge in [-0.3, -0.25) is 0 Å². The predicted octanol–water partition coefficient (Wildman–Crippen LogP) is 3.57. The summed E-state index contributed by atoms with van der Waals surface area (Å²) in [6, 6.07) is 0.